The first kappa shape index (κ1) is 20.8. The molecule has 1 aliphatic rings. The lowest BCUT2D eigenvalue weighted by Gasteiger charge is -2.34. The van der Waals surface area contributed by atoms with Crippen LogP contribution in [0.3, 0.4) is 0 Å². The van der Waals surface area contributed by atoms with Gasteiger partial charge in [0.15, 0.2) is 0 Å². The second-order valence-electron chi connectivity index (χ2n) is 6.29. The van der Waals surface area contributed by atoms with Crippen LogP contribution in [0.4, 0.5) is 5.69 Å². The first-order valence-corrected chi connectivity index (χ1v) is 9.10. The van der Waals surface area contributed by atoms with Crippen LogP contribution >= 0.6 is 12.4 Å². The minimum atomic E-state index is -3.68. The van der Waals surface area contributed by atoms with Crippen molar-refractivity contribution < 1.29 is 13.3 Å². The maximum Gasteiger partial charge on any atom is 0.270 e. The predicted octanol–water partition coefficient (Wildman–Crippen LogP) is 2.38. The van der Waals surface area contributed by atoms with E-state index in [0.717, 1.165) is 12.8 Å². The number of non-ortho nitro benzene ring substituents is 1. The number of nitrogens with zero attached hydrogens (tertiary/aromatic N) is 2. The van der Waals surface area contributed by atoms with Gasteiger partial charge in [0.2, 0.25) is 10.0 Å². The van der Waals surface area contributed by atoms with Crippen LogP contribution in [-0.2, 0) is 10.0 Å². The molecule has 1 aromatic rings. The first-order valence-electron chi connectivity index (χ1n) is 7.66. The van der Waals surface area contributed by atoms with Crippen LogP contribution in [0, 0.1) is 29.9 Å². The molecule has 0 aromatic heterocycles. The van der Waals surface area contributed by atoms with Crippen LogP contribution in [0.2, 0.25) is 0 Å². The molecule has 1 aliphatic heterocycles. The van der Waals surface area contributed by atoms with Crippen LogP contribution in [0.5, 0.6) is 0 Å². The van der Waals surface area contributed by atoms with Gasteiger partial charge >= 0.3 is 0 Å². The fraction of sp³-hybridized carbons (Fsp3) is 0.600. The number of rotatable bonds is 4. The average molecular weight is 378 g/mol. The second kappa shape index (κ2) is 7.77. The summed E-state index contributed by atoms with van der Waals surface area (Å²) in [4.78, 5) is 10.6. The molecule has 136 valence electrons. The number of sulfonamides is 1. The van der Waals surface area contributed by atoms with E-state index >= 15 is 0 Å². The topological polar surface area (TPSA) is 107 Å². The zero-order chi connectivity index (χ0) is 17.4. The van der Waals surface area contributed by atoms with Crippen molar-refractivity contribution in [1.82, 2.24) is 4.31 Å². The van der Waals surface area contributed by atoms with Crippen molar-refractivity contribution in [1.29, 1.82) is 0 Å². The van der Waals surface area contributed by atoms with Crippen LogP contribution in [0.15, 0.2) is 17.0 Å². The molecule has 0 spiro atoms. The van der Waals surface area contributed by atoms with Crippen molar-refractivity contribution in [3.05, 3.63) is 33.4 Å². The molecule has 2 atom stereocenters. The van der Waals surface area contributed by atoms with E-state index in [9.17, 15) is 18.5 Å². The number of hydrogen-bond donors (Lipinski definition) is 1. The highest BCUT2D eigenvalue weighted by molar-refractivity contribution is 7.89. The Morgan fingerprint density at radius 2 is 1.88 bits per heavy atom. The lowest BCUT2D eigenvalue weighted by molar-refractivity contribution is -0.385. The molecule has 0 saturated carbocycles. The normalized spacial score (nSPS) is 20.2. The van der Waals surface area contributed by atoms with E-state index < -0.39 is 14.9 Å². The number of nitro benzene ring substituents is 1. The quantitative estimate of drug-likeness (QED) is 0.640. The minimum Gasteiger partial charge on any atom is -0.328 e. The maximum absolute atomic E-state index is 13.0. The largest absolute Gasteiger partial charge is 0.328 e. The summed E-state index contributed by atoms with van der Waals surface area (Å²) in [6, 6.07) is 2.56. The molecule has 2 unspecified atom stereocenters. The number of benzene rings is 1. The lowest BCUT2D eigenvalue weighted by atomic mass is 9.93. The highest BCUT2D eigenvalue weighted by atomic mass is 35.5. The number of hydrogen-bond acceptors (Lipinski definition) is 5. The summed E-state index contributed by atoms with van der Waals surface area (Å²) in [6.07, 6.45) is 1.69. The molecule has 1 fully saturated rings. The standard InChI is InChI=1S/C15H23N3O4S.ClH/c1-10-7-14(18(19)20)8-11(2)15(10)23(21,22)17-6-4-5-13(9-17)12(3)16;/h7-8,12-13H,4-6,9,16H2,1-3H3;1H. The SMILES string of the molecule is Cc1cc([N+](=O)[O-])cc(C)c1S(=O)(=O)N1CCCC(C(C)N)C1.Cl. The lowest BCUT2D eigenvalue weighted by Crippen LogP contribution is -2.45. The van der Waals surface area contributed by atoms with Crippen LogP contribution in [-0.4, -0.2) is 36.8 Å². The van der Waals surface area contributed by atoms with Crippen molar-refractivity contribution >= 4 is 28.1 Å². The van der Waals surface area contributed by atoms with E-state index in [2.05, 4.69) is 0 Å². The average Bonchev–Trinajstić information content (AvgIpc) is 2.46. The molecule has 2 rings (SSSR count). The summed E-state index contributed by atoms with van der Waals surface area (Å²) in [5, 5.41) is 10.9. The number of nitrogens with two attached hydrogens (primary N) is 1. The van der Waals surface area contributed by atoms with E-state index in [0.29, 0.717) is 24.2 Å². The molecule has 2 N–H and O–H groups in total. The molecule has 9 heteroatoms. The highest BCUT2D eigenvalue weighted by Crippen LogP contribution is 2.31. The Morgan fingerprint density at radius 3 is 2.33 bits per heavy atom. The minimum absolute atomic E-state index is 0. The fourth-order valence-corrected chi connectivity index (χ4v) is 5.14. The van der Waals surface area contributed by atoms with E-state index in [-0.39, 0.29) is 34.9 Å². The Morgan fingerprint density at radius 1 is 1.33 bits per heavy atom. The zero-order valence-corrected chi connectivity index (χ0v) is 15.7. The number of piperidine rings is 1. The van der Waals surface area contributed by atoms with E-state index in [1.807, 2.05) is 6.92 Å². The summed E-state index contributed by atoms with van der Waals surface area (Å²) in [6.45, 7) is 5.94. The second-order valence-corrected chi connectivity index (χ2v) is 8.17. The van der Waals surface area contributed by atoms with E-state index in [1.54, 1.807) is 13.8 Å². The van der Waals surface area contributed by atoms with Crippen LogP contribution < -0.4 is 5.73 Å². The molecule has 0 radical (unpaired) electrons. The van der Waals surface area contributed by atoms with Gasteiger partial charge in [0, 0.05) is 31.3 Å². The Bertz CT molecular complexity index is 698. The van der Waals surface area contributed by atoms with Gasteiger partial charge in [-0.3, -0.25) is 10.1 Å². The van der Waals surface area contributed by atoms with Gasteiger partial charge in [-0.15, -0.1) is 12.4 Å². The van der Waals surface area contributed by atoms with Gasteiger partial charge in [0.25, 0.3) is 5.69 Å². The maximum atomic E-state index is 13.0. The fourth-order valence-electron chi connectivity index (χ4n) is 3.19. The molecule has 7 nitrogen and oxygen atoms in total. The van der Waals surface area contributed by atoms with E-state index in [1.165, 1.54) is 16.4 Å². The van der Waals surface area contributed by atoms with Crippen molar-refractivity contribution in [3.63, 3.8) is 0 Å². The third-order valence-electron chi connectivity index (χ3n) is 4.42. The third-order valence-corrected chi connectivity index (χ3v) is 6.59. The predicted molar refractivity (Wildman–Crippen MR) is 95.0 cm³/mol. The van der Waals surface area contributed by atoms with Gasteiger partial charge in [0.05, 0.1) is 9.82 Å². The molecule has 0 amide bonds. The number of aryl methyl sites for hydroxylation is 2. The molecular formula is C15H24ClN3O4S. The molecular weight excluding hydrogens is 354 g/mol. The summed E-state index contributed by atoms with van der Waals surface area (Å²) in [5.41, 5.74) is 6.64. The zero-order valence-electron chi connectivity index (χ0n) is 14.1. The molecule has 24 heavy (non-hydrogen) atoms. The first-order chi connectivity index (χ1) is 10.6. The third kappa shape index (κ3) is 4.05. The van der Waals surface area contributed by atoms with Crippen LogP contribution in [0.1, 0.15) is 30.9 Å². The van der Waals surface area contributed by atoms with Gasteiger partial charge in [-0.25, -0.2) is 8.42 Å². The van der Waals surface area contributed by atoms with Gasteiger partial charge < -0.3 is 5.73 Å². The summed E-state index contributed by atoms with van der Waals surface area (Å²) in [7, 11) is -3.68. The molecule has 1 aromatic carbocycles. The molecule has 0 bridgehead atoms. The number of nitro groups is 1. The Balaban J connectivity index is 0.00000288. The molecule has 1 saturated heterocycles. The molecule has 1 heterocycles. The smallest absolute Gasteiger partial charge is 0.270 e. The Labute approximate surface area is 148 Å². The Kier molecular flexibility index (Phi) is 6.75. The monoisotopic (exact) mass is 377 g/mol. The van der Waals surface area contributed by atoms with Gasteiger partial charge in [0.1, 0.15) is 0 Å². The van der Waals surface area contributed by atoms with E-state index in [4.69, 9.17) is 5.73 Å². The van der Waals surface area contributed by atoms with Gasteiger partial charge in [-0.2, -0.15) is 4.31 Å². The summed E-state index contributed by atoms with van der Waals surface area (Å²) in [5.74, 6) is 0.136. The summed E-state index contributed by atoms with van der Waals surface area (Å²) >= 11 is 0. The van der Waals surface area contributed by atoms with Gasteiger partial charge in [-0.05, 0) is 50.7 Å². The molecule has 0 aliphatic carbocycles. The van der Waals surface area contributed by atoms with Crippen LogP contribution in [0.25, 0.3) is 0 Å². The summed E-state index contributed by atoms with van der Waals surface area (Å²) < 4.78 is 27.5. The highest BCUT2D eigenvalue weighted by Gasteiger charge is 2.34. The van der Waals surface area contributed by atoms with Crippen molar-refractivity contribution in [2.75, 3.05) is 13.1 Å². The van der Waals surface area contributed by atoms with Crippen molar-refractivity contribution in [2.24, 2.45) is 11.7 Å². The Hall–Kier alpha value is -1.22. The number of halogens is 1. The van der Waals surface area contributed by atoms with Gasteiger partial charge in [-0.1, -0.05) is 0 Å². The van der Waals surface area contributed by atoms with Crippen molar-refractivity contribution in [3.8, 4) is 0 Å². The van der Waals surface area contributed by atoms with Crippen molar-refractivity contribution in [2.45, 2.75) is 44.6 Å².